The van der Waals surface area contributed by atoms with Crippen LogP contribution in [0, 0.1) is 6.92 Å². The van der Waals surface area contributed by atoms with Gasteiger partial charge >= 0.3 is 0 Å². The second-order valence-corrected chi connectivity index (χ2v) is 5.29. The summed E-state index contributed by atoms with van der Waals surface area (Å²) in [6.07, 6.45) is 4.53. The molecule has 20 heavy (non-hydrogen) atoms. The van der Waals surface area contributed by atoms with Gasteiger partial charge in [0.05, 0.1) is 6.61 Å². The van der Waals surface area contributed by atoms with Crippen LogP contribution in [0.25, 0.3) is 10.9 Å². The molecular formula is C17H26N2O. The van der Waals surface area contributed by atoms with Crippen LogP contribution >= 0.6 is 0 Å². The molecule has 3 heteroatoms. The Morgan fingerprint density at radius 1 is 1.15 bits per heavy atom. The van der Waals surface area contributed by atoms with Crippen molar-refractivity contribution in [3.63, 3.8) is 0 Å². The number of benzene rings is 1. The summed E-state index contributed by atoms with van der Waals surface area (Å²) in [4.78, 5) is 0. The van der Waals surface area contributed by atoms with E-state index >= 15 is 0 Å². The summed E-state index contributed by atoms with van der Waals surface area (Å²) in [5.74, 6) is 0. The molecule has 1 heterocycles. The molecule has 0 unspecified atom stereocenters. The molecule has 1 N–H and O–H groups in total. The Kier molecular flexibility index (Phi) is 6.09. The number of aryl methyl sites for hydroxylation is 1. The van der Waals surface area contributed by atoms with Crippen LogP contribution in [0.15, 0.2) is 30.5 Å². The van der Waals surface area contributed by atoms with Gasteiger partial charge in [-0.2, -0.15) is 0 Å². The topological polar surface area (TPSA) is 26.2 Å². The number of unbranched alkanes of at least 4 members (excludes halogenated alkanes) is 1. The van der Waals surface area contributed by atoms with Gasteiger partial charge in [-0.15, -0.1) is 0 Å². The van der Waals surface area contributed by atoms with Crippen LogP contribution < -0.4 is 5.32 Å². The monoisotopic (exact) mass is 274 g/mol. The number of nitrogens with one attached hydrogen (secondary N) is 1. The molecule has 3 nitrogen and oxygen atoms in total. The van der Waals surface area contributed by atoms with Gasteiger partial charge in [0, 0.05) is 38.0 Å². The van der Waals surface area contributed by atoms with Gasteiger partial charge in [0.1, 0.15) is 0 Å². The van der Waals surface area contributed by atoms with Crippen LogP contribution in [0.5, 0.6) is 0 Å². The zero-order chi connectivity index (χ0) is 14.2. The second kappa shape index (κ2) is 8.08. The van der Waals surface area contributed by atoms with E-state index in [1.165, 1.54) is 22.9 Å². The zero-order valence-corrected chi connectivity index (χ0v) is 12.7. The lowest BCUT2D eigenvalue weighted by atomic mass is 10.2. The van der Waals surface area contributed by atoms with Gasteiger partial charge in [-0.25, -0.2) is 0 Å². The first-order valence-electron chi connectivity index (χ1n) is 7.65. The van der Waals surface area contributed by atoms with E-state index in [1.54, 1.807) is 0 Å². The smallest absolute Gasteiger partial charge is 0.0590 e. The molecule has 0 atom stereocenters. The highest BCUT2D eigenvalue weighted by Crippen LogP contribution is 2.16. The maximum atomic E-state index is 5.53. The maximum Gasteiger partial charge on any atom is 0.0590 e. The summed E-state index contributed by atoms with van der Waals surface area (Å²) in [5.41, 5.74) is 2.63. The molecular weight excluding hydrogens is 248 g/mol. The van der Waals surface area contributed by atoms with Crippen LogP contribution in [-0.2, 0) is 11.3 Å². The average Bonchev–Trinajstić information content (AvgIpc) is 2.84. The Labute approximate surface area is 121 Å². The lowest BCUT2D eigenvalue weighted by Gasteiger charge is -2.08. The highest BCUT2D eigenvalue weighted by molar-refractivity contribution is 5.80. The molecule has 0 saturated carbocycles. The Hall–Kier alpha value is -1.32. The number of rotatable bonds is 9. The first kappa shape index (κ1) is 15.1. The van der Waals surface area contributed by atoms with E-state index in [0.717, 1.165) is 39.3 Å². The van der Waals surface area contributed by atoms with Gasteiger partial charge in [0.2, 0.25) is 0 Å². The lowest BCUT2D eigenvalue weighted by Crippen LogP contribution is -2.24. The first-order valence-corrected chi connectivity index (χ1v) is 7.65. The normalized spacial score (nSPS) is 11.3. The summed E-state index contributed by atoms with van der Waals surface area (Å²) in [5, 5.41) is 4.76. The summed E-state index contributed by atoms with van der Waals surface area (Å²) < 4.78 is 7.83. The molecule has 0 fully saturated rings. The number of ether oxygens (including phenoxy) is 1. The molecule has 0 aliphatic rings. The zero-order valence-electron chi connectivity index (χ0n) is 12.7. The summed E-state index contributed by atoms with van der Waals surface area (Å²) in [6, 6.07) is 8.81. The van der Waals surface area contributed by atoms with E-state index in [0.29, 0.717) is 0 Å². The number of nitrogens with zero attached hydrogens (tertiary/aromatic N) is 1. The molecule has 0 aliphatic heterocycles. The Balaban J connectivity index is 1.68. The number of hydrogen-bond acceptors (Lipinski definition) is 2. The third kappa shape index (κ3) is 4.36. The molecule has 1 aromatic heterocycles. The maximum absolute atomic E-state index is 5.53. The average molecular weight is 274 g/mol. The van der Waals surface area contributed by atoms with Crippen LogP contribution in [-0.4, -0.2) is 30.9 Å². The quantitative estimate of drug-likeness (QED) is 0.710. The Morgan fingerprint density at radius 2 is 2.05 bits per heavy atom. The van der Waals surface area contributed by atoms with E-state index in [1.807, 2.05) is 0 Å². The van der Waals surface area contributed by atoms with Crippen molar-refractivity contribution in [1.29, 1.82) is 0 Å². The minimum Gasteiger partial charge on any atom is -0.380 e. The Bertz CT molecular complexity index is 519. The van der Waals surface area contributed by atoms with Crippen LogP contribution in [0.1, 0.15) is 25.3 Å². The summed E-state index contributed by atoms with van der Waals surface area (Å²) in [6.45, 7) is 8.94. The minimum absolute atomic E-state index is 0.811. The number of aromatic nitrogens is 1. The number of fused-ring (bicyclic) bond motifs is 1. The van der Waals surface area contributed by atoms with E-state index in [-0.39, 0.29) is 0 Å². The number of hydrogen-bond donors (Lipinski definition) is 1. The fraction of sp³-hybridized carbons (Fsp3) is 0.529. The molecule has 2 aromatic rings. The van der Waals surface area contributed by atoms with Crippen molar-refractivity contribution < 1.29 is 4.74 Å². The van der Waals surface area contributed by atoms with Gasteiger partial charge in [0.25, 0.3) is 0 Å². The highest BCUT2D eigenvalue weighted by Gasteiger charge is 2.00. The largest absolute Gasteiger partial charge is 0.380 e. The van der Waals surface area contributed by atoms with Crippen LogP contribution in [0.3, 0.4) is 0 Å². The van der Waals surface area contributed by atoms with Crippen molar-refractivity contribution in [2.24, 2.45) is 0 Å². The SMILES string of the molecule is CCCCOCCNCCn1ccc2cc(C)ccc21. The van der Waals surface area contributed by atoms with Gasteiger partial charge in [-0.1, -0.05) is 25.0 Å². The van der Waals surface area contributed by atoms with E-state index < -0.39 is 0 Å². The molecule has 0 amide bonds. The molecule has 0 bridgehead atoms. The summed E-state index contributed by atoms with van der Waals surface area (Å²) >= 11 is 0. The van der Waals surface area contributed by atoms with Crippen molar-refractivity contribution in [3.05, 3.63) is 36.0 Å². The van der Waals surface area contributed by atoms with Crippen molar-refractivity contribution >= 4 is 10.9 Å². The van der Waals surface area contributed by atoms with E-state index in [9.17, 15) is 0 Å². The molecule has 2 rings (SSSR count). The fourth-order valence-corrected chi connectivity index (χ4v) is 2.33. The van der Waals surface area contributed by atoms with E-state index in [4.69, 9.17) is 4.74 Å². The molecule has 110 valence electrons. The second-order valence-electron chi connectivity index (χ2n) is 5.29. The molecule has 1 aromatic carbocycles. The van der Waals surface area contributed by atoms with Gasteiger partial charge in [-0.3, -0.25) is 0 Å². The fourth-order valence-electron chi connectivity index (χ4n) is 2.33. The van der Waals surface area contributed by atoms with Crippen molar-refractivity contribution in [1.82, 2.24) is 9.88 Å². The molecule has 0 radical (unpaired) electrons. The Morgan fingerprint density at radius 3 is 2.90 bits per heavy atom. The molecule has 0 aliphatic carbocycles. The highest BCUT2D eigenvalue weighted by atomic mass is 16.5. The van der Waals surface area contributed by atoms with Gasteiger partial charge < -0.3 is 14.6 Å². The summed E-state index contributed by atoms with van der Waals surface area (Å²) in [7, 11) is 0. The van der Waals surface area contributed by atoms with Crippen LogP contribution in [0.4, 0.5) is 0 Å². The van der Waals surface area contributed by atoms with Crippen molar-refractivity contribution in [3.8, 4) is 0 Å². The third-order valence-electron chi connectivity index (χ3n) is 3.52. The minimum atomic E-state index is 0.811. The molecule has 0 spiro atoms. The van der Waals surface area contributed by atoms with Crippen molar-refractivity contribution in [2.75, 3.05) is 26.3 Å². The molecule has 0 saturated heterocycles. The van der Waals surface area contributed by atoms with Crippen LogP contribution in [0.2, 0.25) is 0 Å². The third-order valence-corrected chi connectivity index (χ3v) is 3.52. The lowest BCUT2D eigenvalue weighted by molar-refractivity contribution is 0.133. The predicted octanol–water partition coefficient (Wildman–Crippen LogP) is 3.36. The first-order chi connectivity index (χ1) is 9.81. The van der Waals surface area contributed by atoms with Crippen molar-refractivity contribution in [2.45, 2.75) is 33.2 Å². The predicted molar refractivity (Wildman–Crippen MR) is 85.3 cm³/mol. The van der Waals surface area contributed by atoms with Gasteiger partial charge in [0.15, 0.2) is 0 Å². The standard InChI is InChI=1S/C17H26N2O/c1-3-4-12-20-13-9-18-8-11-19-10-7-16-14-15(2)5-6-17(16)19/h5-7,10,14,18H,3-4,8-9,11-13H2,1-2H3. The van der Waals surface area contributed by atoms with Gasteiger partial charge in [-0.05, 0) is 36.9 Å². The van der Waals surface area contributed by atoms with E-state index in [2.05, 4.69) is 54.2 Å².